The molecule has 0 nitrogen and oxygen atoms in total. The number of hydrogen-bond acceptors (Lipinski definition) is 0. The molecule has 7 heavy (non-hydrogen) atoms. The van der Waals surface area contributed by atoms with E-state index in [-0.39, 0.29) is 18.6 Å². The van der Waals surface area contributed by atoms with Crippen molar-refractivity contribution in [2.24, 2.45) is 5.92 Å². The van der Waals surface area contributed by atoms with Crippen molar-refractivity contribution in [1.82, 2.24) is 0 Å². The number of rotatable bonds is 0. The summed E-state index contributed by atoms with van der Waals surface area (Å²) < 4.78 is 0. The van der Waals surface area contributed by atoms with Gasteiger partial charge in [0.05, 0.1) is 0 Å². The predicted molar refractivity (Wildman–Crippen MR) is 27.6 cm³/mol. The second kappa shape index (κ2) is 3.57. The zero-order valence-electron chi connectivity index (χ0n) is 4.85. The van der Waals surface area contributed by atoms with Crippen LogP contribution in [0.4, 0.5) is 0 Å². The minimum atomic E-state index is 0. The Morgan fingerprint density at radius 2 is 1.57 bits per heavy atom. The Morgan fingerprint density at radius 1 is 1.14 bits per heavy atom. The van der Waals surface area contributed by atoms with Crippen LogP contribution in [0.3, 0.4) is 0 Å². The van der Waals surface area contributed by atoms with E-state index in [1.54, 1.807) is 0 Å². The molecule has 0 bridgehead atoms. The summed E-state index contributed by atoms with van der Waals surface area (Å²) in [6.07, 6.45) is 5.95. The van der Waals surface area contributed by atoms with E-state index in [2.05, 4.69) is 6.92 Å². The van der Waals surface area contributed by atoms with Crippen LogP contribution in [0, 0.1) is 5.92 Å². The molecule has 1 aliphatic rings. The van der Waals surface area contributed by atoms with Crippen LogP contribution in [0.25, 0.3) is 0 Å². The molecule has 0 saturated heterocycles. The van der Waals surface area contributed by atoms with E-state index in [0.717, 1.165) is 5.92 Å². The van der Waals surface area contributed by atoms with Crippen molar-refractivity contribution in [2.75, 3.05) is 0 Å². The molecule has 1 radical (unpaired) electrons. The summed E-state index contributed by atoms with van der Waals surface area (Å²) in [5.41, 5.74) is 0. The summed E-state index contributed by atoms with van der Waals surface area (Å²) in [6, 6.07) is 0. The van der Waals surface area contributed by atoms with E-state index >= 15 is 0 Å². The van der Waals surface area contributed by atoms with Crippen LogP contribution in [0.5, 0.6) is 0 Å². The van der Waals surface area contributed by atoms with Gasteiger partial charge in [0.1, 0.15) is 0 Å². The predicted octanol–water partition coefficient (Wildman–Crippen LogP) is 2.19. The Kier molecular flexibility index (Phi) is 3.87. The molecule has 1 saturated carbocycles. The smallest absolute Gasteiger partial charge is 0 e. The molecule has 1 heteroatoms. The van der Waals surface area contributed by atoms with E-state index in [1.165, 1.54) is 25.7 Å². The maximum atomic E-state index is 2.34. The van der Waals surface area contributed by atoms with Crippen molar-refractivity contribution >= 4 is 0 Å². The van der Waals surface area contributed by atoms with Crippen LogP contribution in [0.15, 0.2) is 0 Å². The number of hydrogen-bond donors (Lipinski definition) is 0. The van der Waals surface area contributed by atoms with Crippen molar-refractivity contribution in [2.45, 2.75) is 32.6 Å². The zero-order chi connectivity index (χ0) is 4.41. The van der Waals surface area contributed by atoms with Crippen molar-refractivity contribution in [3.05, 3.63) is 0 Å². The quantitative estimate of drug-likeness (QED) is 0.477. The third kappa shape index (κ3) is 2.41. The maximum Gasteiger partial charge on any atom is 0 e. The first kappa shape index (κ1) is 7.58. The molecule has 0 atom stereocenters. The molecule has 0 heterocycles. The Hall–Kier alpha value is 0.584. The molecule has 0 N–H and O–H groups in total. The van der Waals surface area contributed by atoms with Gasteiger partial charge in [-0.3, -0.25) is 0 Å². The average molecular weight is 135 g/mol. The molecule has 0 aromatic carbocycles. The third-order valence-corrected chi connectivity index (χ3v) is 1.64. The van der Waals surface area contributed by atoms with Gasteiger partial charge in [0.2, 0.25) is 0 Å². The standard InChI is InChI=1S/C6H12.V/c1-6-4-2-3-5-6;/h6H,2-5H2,1H3;. The van der Waals surface area contributed by atoms with Crippen LogP contribution < -0.4 is 0 Å². The molecule has 0 amide bonds. The van der Waals surface area contributed by atoms with Crippen molar-refractivity contribution in [3.63, 3.8) is 0 Å². The van der Waals surface area contributed by atoms with Gasteiger partial charge in [-0.15, -0.1) is 0 Å². The molecule has 0 aromatic rings. The summed E-state index contributed by atoms with van der Waals surface area (Å²) in [7, 11) is 0. The zero-order valence-corrected chi connectivity index (χ0v) is 6.25. The largest absolute Gasteiger partial charge is 0.0625 e. The summed E-state index contributed by atoms with van der Waals surface area (Å²) in [6.45, 7) is 2.34. The van der Waals surface area contributed by atoms with E-state index in [1.807, 2.05) is 0 Å². The fourth-order valence-corrected chi connectivity index (χ4v) is 1.13. The first-order valence-electron chi connectivity index (χ1n) is 2.89. The SMILES string of the molecule is CC1CCCC1.[V]. The molecule has 0 aromatic heterocycles. The van der Waals surface area contributed by atoms with Crippen LogP contribution in [0.2, 0.25) is 0 Å². The van der Waals surface area contributed by atoms with Gasteiger partial charge in [-0.05, 0) is 5.92 Å². The maximum absolute atomic E-state index is 2.34. The first-order chi connectivity index (χ1) is 2.89. The van der Waals surface area contributed by atoms with Crippen LogP contribution in [0.1, 0.15) is 32.6 Å². The van der Waals surface area contributed by atoms with Gasteiger partial charge in [0.15, 0.2) is 0 Å². The Labute approximate surface area is 57.6 Å². The van der Waals surface area contributed by atoms with E-state index in [4.69, 9.17) is 0 Å². The van der Waals surface area contributed by atoms with E-state index in [9.17, 15) is 0 Å². The van der Waals surface area contributed by atoms with Crippen LogP contribution >= 0.6 is 0 Å². The van der Waals surface area contributed by atoms with E-state index < -0.39 is 0 Å². The van der Waals surface area contributed by atoms with Crippen LogP contribution in [-0.2, 0) is 18.6 Å². The van der Waals surface area contributed by atoms with Gasteiger partial charge in [-0.2, -0.15) is 0 Å². The summed E-state index contributed by atoms with van der Waals surface area (Å²) in [5.74, 6) is 1.05. The van der Waals surface area contributed by atoms with Crippen molar-refractivity contribution in [1.29, 1.82) is 0 Å². The minimum absolute atomic E-state index is 0. The minimum Gasteiger partial charge on any atom is -0.0625 e. The fourth-order valence-electron chi connectivity index (χ4n) is 1.13. The van der Waals surface area contributed by atoms with Crippen LogP contribution in [-0.4, -0.2) is 0 Å². The summed E-state index contributed by atoms with van der Waals surface area (Å²) in [4.78, 5) is 0. The van der Waals surface area contributed by atoms with Crippen molar-refractivity contribution in [3.8, 4) is 0 Å². The molecule has 41 valence electrons. The molecule has 0 unspecified atom stereocenters. The molecule has 1 fully saturated rings. The molecular weight excluding hydrogens is 123 g/mol. The van der Waals surface area contributed by atoms with E-state index in [0.29, 0.717) is 0 Å². The van der Waals surface area contributed by atoms with Gasteiger partial charge in [-0.25, -0.2) is 0 Å². The summed E-state index contributed by atoms with van der Waals surface area (Å²) >= 11 is 0. The molecule has 0 aliphatic heterocycles. The van der Waals surface area contributed by atoms with Gasteiger partial charge in [0, 0.05) is 18.6 Å². The Balaban J connectivity index is 0.000000360. The molecule has 0 spiro atoms. The fraction of sp³-hybridized carbons (Fsp3) is 1.00. The topological polar surface area (TPSA) is 0 Å². The van der Waals surface area contributed by atoms with Gasteiger partial charge in [-0.1, -0.05) is 32.6 Å². The summed E-state index contributed by atoms with van der Waals surface area (Å²) in [5, 5.41) is 0. The molecule has 1 aliphatic carbocycles. The van der Waals surface area contributed by atoms with Gasteiger partial charge >= 0.3 is 0 Å². The third-order valence-electron chi connectivity index (χ3n) is 1.64. The first-order valence-corrected chi connectivity index (χ1v) is 2.89. The van der Waals surface area contributed by atoms with Crippen molar-refractivity contribution < 1.29 is 18.6 Å². The molecule has 1 rings (SSSR count). The van der Waals surface area contributed by atoms with Gasteiger partial charge < -0.3 is 0 Å². The normalized spacial score (nSPS) is 21.9. The van der Waals surface area contributed by atoms with Gasteiger partial charge in [0.25, 0.3) is 0 Å². The second-order valence-electron chi connectivity index (χ2n) is 2.39. The molecular formula is C6H12V. The monoisotopic (exact) mass is 135 g/mol. The average Bonchev–Trinajstić information content (AvgIpc) is 1.86. The Bertz CT molecular complexity index is 37.4. The second-order valence-corrected chi connectivity index (χ2v) is 2.39. The Morgan fingerprint density at radius 3 is 1.71 bits per heavy atom.